The van der Waals surface area contributed by atoms with Gasteiger partial charge in [0.25, 0.3) is 0 Å². The Morgan fingerprint density at radius 2 is 1.75 bits per heavy atom. The van der Waals surface area contributed by atoms with Gasteiger partial charge in [-0.25, -0.2) is 6.58 Å². The molecule has 0 aliphatic heterocycles. The summed E-state index contributed by atoms with van der Waals surface area (Å²) in [5, 5.41) is 0. The third-order valence-electron chi connectivity index (χ3n) is 0.569. The van der Waals surface area contributed by atoms with Gasteiger partial charge in [-0.1, -0.05) is 0 Å². The van der Waals surface area contributed by atoms with E-state index in [1.54, 1.807) is 0 Å². The van der Waals surface area contributed by atoms with Crippen LogP contribution in [0.25, 0.3) is 0 Å². The quantitative estimate of drug-likeness (QED) is 0.439. The van der Waals surface area contributed by atoms with Crippen molar-refractivity contribution in [1.29, 1.82) is 0 Å². The summed E-state index contributed by atoms with van der Waals surface area (Å²) in [6.07, 6.45) is 1.94. The molecule has 2 nitrogen and oxygen atoms in total. The Hall–Kier alpha value is 0.244. The second-order valence-electron chi connectivity index (χ2n) is 0.931. The maximum atomic E-state index is 4.62. The minimum atomic E-state index is 0. The first-order chi connectivity index (χ1) is 3.35. The van der Waals surface area contributed by atoms with E-state index in [-0.39, 0.29) is 21.7 Å². The molecule has 0 aromatic rings. The van der Waals surface area contributed by atoms with Crippen molar-refractivity contribution < 1.29 is 31.2 Å². The van der Waals surface area contributed by atoms with Crippen LogP contribution in [-0.4, -0.2) is 14.2 Å². The van der Waals surface area contributed by atoms with Crippen LogP contribution < -0.4 is 0 Å². The molecule has 0 heterocycles. The number of rotatable bonds is 3. The molecule has 0 aliphatic rings. The van der Waals surface area contributed by atoms with Crippen molar-refractivity contribution in [1.82, 2.24) is 0 Å². The van der Waals surface area contributed by atoms with Gasteiger partial charge >= 0.3 is 0 Å². The minimum absolute atomic E-state index is 0. The Balaban J connectivity index is 0. The van der Waals surface area contributed by atoms with Gasteiger partial charge in [0.2, 0.25) is 0 Å². The van der Waals surface area contributed by atoms with Gasteiger partial charge in [0.15, 0.2) is 0 Å². The third kappa shape index (κ3) is 4.40. The van der Waals surface area contributed by atoms with Crippen LogP contribution in [0.4, 0.5) is 0 Å². The largest absolute Gasteiger partial charge is 0.417 e. The van der Waals surface area contributed by atoms with Crippen LogP contribution in [0.2, 0.25) is 0 Å². The van der Waals surface area contributed by atoms with Gasteiger partial charge in [0.05, 0.1) is 0 Å². The fourth-order valence-corrected chi connectivity index (χ4v) is 0.250. The summed E-state index contributed by atoms with van der Waals surface area (Å²) in [4.78, 5) is 0. The van der Waals surface area contributed by atoms with Gasteiger partial charge < -0.3 is 9.47 Å². The normalized spacial score (nSPS) is 7.25. The Bertz CT molecular complexity index is 52.4. The summed E-state index contributed by atoms with van der Waals surface area (Å²) < 4.78 is 9.25. The number of ether oxygens (including phenoxy) is 2. The van der Waals surface area contributed by atoms with Crippen molar-refractivity contribution in [3.63, 3.8) is 0 Å². The summed E-state index contributed by atoms with van der Waals surface area (Å²) >= 11 is 0. The maximum absolute atomic E-state index is 4.62. The molecule has 46 valence electrons. The minimum Gasteiger partial charge on any atom is -0.417 e. The van der Waals surface area contributed by atoms with Crippen molar-refractivity contribution >= 4 is 0 Å². The van der Waals surface area contributed by atoms with Crippen molar-refractivity contribution in [2.45, 2.75) is 0 Å². The van der Waals surface area contributed by atoms with Gasteiger partial charge in [0, 0.05) is 42.2 Å². The fourth-order valence-electron chi connectivity index (χ4n) is 0.250. The van der Waals surface area contributed by atoms with E-state index in [1.165, 1.54) is 20.3 Å². The van der Waals surface area contributed by atoms with Crippen LogP contribution in [0, 0.1) is 6.29 Å². The average Bonchev–Trinajstić information content (AvgIpc) is 1.72. The van der Waals surface area contributed by atoms with Crippen molar-refractivity contribution in [2.24, 2.45) is 0 Å². The van der Waals surface area contributed by atoms with Gasteiger partial charge in [-0.15, -0.1) is 0 Å². The summed E-state index contributed by atoms with van der Waals surface area (Å²) in [5.41, 5.74) is 0. The zero-order valence-corrected chi connectivity index (χ0v) is 6.66. The summed E-state index contributed by atoms with van der Waals surface area (Å²) in [5.74, 6) is 0. The first-order valence-electron chi connectivity index (χ1n) is 1.92. The number of hydrogen-bond donors (Lipinski definition) is 0. The third-order valence-corrected chi connectivity index (χ3v) is 0.569. The van der Waals surface area contributed by atoms with E-state index in [2.05, 4.69) is 16.1 Å². The second-order valence-corrected chi connectivity index (χ2v) is 0.931. The predicted molar refractivity (Wildman–Crippen MR) is 27.5 cm³/mol. The van der Waals surface area contributed by atoms with E-state index in [1.807, 2.05) is 0 Å². The molecular formula is C5H9O2Ti-. The molecule has 0 N–H and O–H groups in total. The summed E-state index contributed by atoms with van der Waals surface area (Å²) in [6, 6.07) is 0. The van der Waals surface area contributed by atoms with Crippen molar-refractivity contribution in [3.8, 4) is 0 Å². The Kier molecular flexibility index (Phi) is 10.0. The molecule has 0 aromatic heterocycles. The molecule has 0 amide bonds. The maximum Gasteiger partial charge on any atom is 0.0217 e. The monoisotopic (exact) mass is 149 g/mol. The molecule has 0 fully saturated rings. The number of hydrogen-bond acceptors (Lipinski definition) is 2. The first kappa shape index (κ1) is 11.1. The predicted octanol–water partition coefficient (Wildman–Crippen LogP) is 0.952. The van der Waals surface area contributed by atoms with Crippen LogP contribution in [0.15, 0.2) is 12.7 Å². The molecule has 0 rings (SSSR count). The number of methoxy groups -OCH3 is 2. The van der Waals surface area contributed by atoms with Crippen LogP contribution in [-0.2, 0) is 31.2 Å². The topological polar surface area (TPSA) is 18.5 Å². The Labute approximate surface area is 64.7 Å². The van der Waals surface area contributed by atoms with Crippen molar-refractivity contribution in [2.75, 3.05) is 14.2 Å². The molecule has 0 radical (unpaired) electrons. The van der Waals surface area contributed by atoms with Crippen molar-refractivity contribution in [3.05, 3.63) is 18.9 Å². The molecule has 0 unspecified atom stereocenters. The van der Waals surface area contributed by atoms with Gasteiger partial charge in [-0.2, -0.15) is 6.08 Å². The van der Waals surface area contributed by atoms with Gasteiger partial charge in [-0.3, -0.25) is 0 Å². The molecule has 8 heavy (non-hydrogen) atoms. The van der Waals surface area contributed by atoms with Crippen LogP contribution in [0.1, 0.15) is 0 Å². The molecule has 0 spiro atoms. The second kappa shape index (κ2) is 7.24. The zero-order chi connectivity index (χ0) is 5.70. The molecular weight excluding hydrogens is 140 g/mol. The van der Waals surface area contributed by atoms with Gasteiger partial charge in [0.1, 0.15) is 0 Å². The van der Waals surface area contributed by atoms with E-state index in [0.717, 1.165) is 0 Å². The summed E-state index contributed by atoms with van der Waals surface area (Å²) in [6.45, 7) is 3.42. The van der Waals surface area contributed by atoms with E-state index >= 15 is 0 Å². The molecule has 3 heteroatoms. The molecule has 0 aliphatic carbocycles. The summed E-state index contributed by atoms with van der Waals surface area (Å²) in [7, 11) is 3.06. The molecule has 0 saturated carbocycles. The molecule has 0 atom stereocenters. The fraction of sp³-hybridized carbons (Fsp3) is 0.400. The molecule has 0 aromatic carbocycles. The SMILES string of the molecule is C=C[C-](OC)OC.[Ti]. The Morgan fingerprint density at radius 1 is 1.38 bits per heavy atom. The van der Waals surface area contributed by atoms with Crippen LogP contribution in [0.5, 0.6) is 0 Å². The first-order valence-corrected chi connectivity index (χ1v) is 1.92. The smallest absolute Gasteiger partial charge is 0.0217 e. The van der Waals surface area contributed by atoms with E-state index in [0.29, 0.717) is 6.29 Å². The van der Waals surface area contributed by atoms with Gasteiger partial charge in [-0.05, 0) is 0 Å². The van der Waals surface area contributed by atoms with Crippen LogP contribution in [0.3, 0.4) is 0 Å². The molecule has 0 bridgehead atoms. The van der Waals surface area contributed by atoms with Crippen LogP contribution >= 0.6 is 0 Å². The van der Waals surface area contributed by atoms with E-state index in [4.69, 9.17) is 0 Å². The van der Waals surface area contributed by atoms with E-state index < -0.39 is 0 Å². The Morgan fingerprint density at radius 3 is 1.75 bits per heavy atom. The standard InChI is InChI=1S/C5H9O2.Ti/c1-4-5(6-2)7-3;/h4H,1H2,2-3H3;/q-1;. The van der Waals surface area contributed by atoms with E-state index in [9.17, 15) is 0 Å². The molecule has 0 saturated heterocycles. The zero-order valence-electron chi connectivity index (χ0n) is 5.10. The average molecular weight is 149 g/mol.